The van der Waals surface area contributed by atoms with E-state index in [1.807, 2.05) is 24.3 Å². The number of phenolic OH excluding ortho intramolecular Hbond substituents is 2. The molecule has 2 nitrogen and oxygen atoms in total. The van der Waals surface area contributed by atoms with Crippen molar-refractivity contribution < 1.29 is 10.2 Å². The monoisotopic (exact) mass is 308 g/mol. The SMILES string of the molecule is Oc1ccc(C2(c3ccc(O)cc3)CC[C@H]3CCC[C@@H]2C3)cc1. The van der Waals surface area contributed by atoms with E-state index in [2.05, 4.69) is 24.3 Å². The first-order valence-corrected chi connectivity index (χ1v) is 8.77. The first-order valence-electron chi connectivity index (χ1n) is 8.77. The van der Waals surface area contributed by atoms with Crippen molar-refractivity contribution in [2.24, 2.45) is 11.8 Å². The molecule has 2 aromatic rings. The summed E-state index contributed by atoms with van der Waals surface area (Å²) in [6.45, 7) is 0. The van der Waals surface area contributed by atoms with E-state index in [-0.39, 0.29) is 5.41 Å². The second-order valence-electron chi connectivity index (χ2n) is 7.33. The number of phenols is 2. The van der Waals surface area contributed by atoms with Crippen molar-refractivity contribution in [1.29, 1.82) is 0 Å². The fourth-order valence-corrected chi connectivity index (χ4v) is 5.08. The third-order valence-corrected chi connectivity index (χ3v) is 6.19. The quantitative estimate of drug-likeness (QED) is 0.821. The summed E-state index contributed by atoms with van der Waals surface area (Å²) in [5, 5.41) is 19.4. The molecule has 4 rings (SSSR count). The minimum atomic E-state index is 0.0261. The summed E-state index contributed by atoms with van der Waals surface area (Å²) in [7, 11) is 0. The fraction of sp³-hybridized carbons (Fsp3) is 0.429. The van der Waals surface area contributed by atoms with Crippen molar-refractivity contribution >= 4 is 0 Å². The average Bonchev–Trinajstić information content (AvgIpc) is 2.58. The molecule has 23 heavy (non-hydrogen) atoms. The first-order chi connectivity index (χ1) is 11.2. The number of fused-ring (bicyclic) bond motifs is 2. The molecule has 0 aliphatic heterocycles. The van der Waals surface area contributed by atoms with Crippen LogP contribution < -0.4 is 0 Å². The van der Waals surface area contributed by atoms with Gasteiger partial charge in [0.2, 0.25) is 0 Å². The van der Waals surface area contributed by atoms with Crippen LogP contribution in [0.4, 0.5) is 0 Å². The lowest BCUT2D eigenvalue weighted by molar-refractivity contribution is 0.115. The van der Waals surface area contributed by atoms with E-state index in [0.717, 1.165) is 12.3 Å². The highest BCUT2D eigenvalue weighted by molar-refractivity contribution is 5.44. The van der Waals surface area contributed by atoms with Crippen molar-refractivity contribution in [1.82, 2.24) is 0 Å². The van der Waals surface area contributed by atoms with Crippen molar-refractivity contribution in [3.05, 3.63) is 59.7 Å². The molecule has 120 valence electrons. The number of benzene rings is 2. The van der Waals surface area contributed by atoms with Crippen LogP contribution in [0.25, 0.3) is 0 Å². The molecule has 0 amide bonds. The van der Waals surface area contributed by atoms with Gasteiger partial charge in [-0.2, -0.15) is 0 Å². The summed E-state index contributed by atoms with van der Waals surface area (Å²) in [5.41, 5.74) is 2.65. The lowest BCUT2D eigenvalue weighted by atomic mass is 9.53. The highest BCUT2D eigenvalue weighted by Gasteiger charge is 2.47. The van der Waals surface area contributed by atoms with Crippen molar-refractivity contribution in [3.8, 4) is 11.5 Å². The van der Waals surface area contributed by atoms with E-state index in [4.69, 9.17) is 0 Å². The summed E-state index contributed by atoms with van der Waals surface area (Å²) in [6.07, 6.45) is 7.74. The van der Waals surface area contributed by atoms with E-state index >= 15 is 0 Å². The van der Waals surface area contributed by atoms with Crippen molar-refractivity contribution in [2.75, 3.05) is 0 Å². The van der Waals surface area contributed by atoms with Gasteiger partial charge in [-0.15, -0.1) is 0 Å². The molecule has 2 aliphatic rings. The normalized spacial score (nSPS) is 25.9. The molecule has 0 radical (unpaired) electrons. The molecule has 2 heteroatoms. The molecule has 2 fully saturated rings. The molecule has 2 N–H and O–H groups in total. The van der Waals surface area contributed by atoms with E-state index in [9.17, 15) is 10.2 Å². The maximum absolute atomic E-state index is 9.69. The van der Waals surface area contributed by atoms with Crippen LogP contribution in [-0.2, 0) is 5.41 Å². The average molecular weight is 308 g/mol. The Morgan fingerprint density at radius 1 is 0.739 bits per heavy atom. The molecule has 2 aromatic carbocycles. The lowest BCUT2D eigenvalue weighted by Gasteiger charge is -2.50. The Hall–Kier alpha value is -1.96. The van der Waals surface area contributed by atoms with Gasteiger partial charge in [-0.1, -0.05) is 37.1 Å². The van der Waals surface area contributed by atoms with Gasteiger partial charge in [0.15, 0.2) is 0 Å². The van der Waals surface area contributed by atoms with Gasteiger partial charge >= 0.3 is 0 Å². The van der Waals surface area contributed by atoms with E-state index in [0.29, 0.717) is 17.4 Å². The van der Waals surface area contributed by atoms with Gasteiger partial charge < -0.3 is 10.2 Å². The van der Waals surface area contributed by atoms with Gasteiger partial charge in [0.05, 0.1) is 0 Å². The molecular weight excluding hydrogens is 284 g/mol. The van der Waals surface area contributed by atoms with Crippen LogP contribution in [-0.4, -0.2) is 10.2 Å². The Morgan fingerprint density at radius 3 is 1.87 bits per heavy atom. The van der Waals surface area contributed by atoms with Crippen LogP contribution in [0.1, 0.15) is 49.7 Å². The van der Waals surface area contributed by atoms with Gasteiger partial charge in [-0.3, -0.25) is 0 Å². The topological polar surface area (TPSA) is 40.5 Å². The molecule has 2 aliphatic carbocycles. The minimum absolute atomic E-state index is 0.0261. The smallest absolute Gasteiger partial charge is 0.115 e. The van der Waals surface area contributed by atoms with E-state index in [1.54, 1.807) is 0 Å². The molecule has 0 saturated heterocycles. The molecule has 0 heterocycles. The van der Waals surface area contributed by atoms with Crippen LogP contribution in [0.5, 0.6) is 11.5 Å². The van der Waals surface area contributed by atoms with Crippen LogP contribution >= 0.6 is 0 Å². The van der Waals surface area contributed by atoms with Gasteiger partial charge in [0.25, 0.3) is 0 Å². The summed E-state index contributed by atoms with van der Waals surface area (Å²) >= 11 is 0. The Kier molecular flexibility index (Phi) is 3.56. The Labute approximate surface area is 137 Å². The number of aromatic hydroxyl groups is 2. The predicted molar refractivity (Wildman–Crippen MR) is 91.7 cm³/mol. The van der Waals surface area contributed by atoms with Crippen LogP contribution in [0.3, 0.4) is 0 Å². The summed E-state index contributed by atoms with van der Waals surface area (Å²) in [6, 6.07) is 15.6. The minimum Gasteiger partial charge on any atom is -0.508 e. The Bertz CT molecular complexity index is 626. The van der Waals surface area contributed by atoms with Crippen LogP contribution in [0.2, 0.25) is 0 Å². The molecule has 0 spiro atoms. The number of hydrogen-bond acceptors (Lipinski definition) is 2. The fourth-order valence-electron chi connectivity index (χ4n) is 5.08. The third-order valence-electron chi connectivity index (χ3n) is 6.19. The summed E-state index contributed by atoms with van der Waals surface area (Å²) in [5.74, 6) is 2.19. The third kappa shape index (κ3) is 2.41. The summed E-state index contributed by atoms with van der Waals surface area (Å²) < 4.78 is 0. The molecule has 0 aromatic heterocycles. The first kappa shape index (κ1) is 14.6. The largest absolute Gasteiger partial charge is 0.508 e. The molecule has 2 saturated carbocycles. The Morgan fingerprint density at radius 2 is 1.30 bits per heavy atom. The van der Waals surface area contributed by atoms with Gasteiger partial charge in [-0.25, -0.2) is 0 Å². The van der Waals surface area contributed by atoms with Crippen LogP contribution in [0.15, 0.2) is 48.5 Å². The highest BCUT2D eigenvalue weighted by atomic mass is 16.3. The molecular formula is C21H24O2. The summed E-state index contributed by atoms with van der Waals surface area (Å²) in [4.78, 5) is 0. The van der Waals surface area contributed by atoms with Crippen molar-refractivity contribution in [2.45, 2.75) is 43.9 Å². The van der Waals surface area contributed by atoms with Crippen LogP contribution in [0, 0.1) is 11.8 Å². The van der Waals surface area contributed by atoms with Gasteiger partial charge in [0.1, 0.15) is 11.5 Å². The zero-order valence-corrected chi connectivity index (χ0v) is 13.4. The maximum Gasteiger partial charge on any atom is 0.115 e. The molecule has 0 unspecified atom stereocenters. The van der Waals surface area contributed by atoms with E-state index < -0.39 is 0 Å². The van der Waals surface area contributed by atoms with Gasteiger partial charge in [-0.05, 0) is 72.9 Å². The second kappa shape index (κ2) is 5.59. The van der Waals surface area contributed by atoms with E-state index in [1.165, 1.54) is 43.2 Å². The number of hydrogen-bond donors (Lipinski definition) is 2. The highest BCUT2D eigenvalue weighted by Crippen LogP contribution is 2.55. The standard InChI is InChI=1S/C21H24O2/c22-19-8-4-16(5-9-19)21(17-6-10-20(23)11-7-17)13-12-15-2-1-3-18(21)14-15/h4-11,15,18,22-23H,1-3,12-14H2/t15-,18-/m1/s1. The lowest BCUT2D eigenvalue weighted by Crippen LogP contribution is -2.43. The Balaban J connectivity index is 1.86. The van der Waals surface area contributed by atoms with Crippen molar-refractivity contribution in [3.63, 3.8) is 0 Å². The zero-order chi connectivity index (χ0) is 15.9. The molecule has 2 atom stereocenters. The second-order valence-corrected chi connectivity index (χ2v) is 7.33. The zero-order valence-electron chi connectivity index (χ0n) is 13.4. The van der Waals surface area contributed by atoms with Gasteiger partial charge in [0, 0.05) is 5.41 Å². The maximum atomic E-state index is 9.69. The predicted octanol–water partition coefficient (Wildman–Crippen LogP) is 4.98. The number of rotatable bonds is 2. The molecule has 2 bridgehead atoms.